The van der Waals surface area contributed by atoms with E-state index in [4.69, 9.17) is 13.3 Å². The normalized spacial score (nSPS) is 15.7. The van der Waals surface area contributed by atoms with E-state index in [2.05, 4.69) is 4.74 Å². The maximum absolute atomic E-state index is 13.5. The van der Waals surface area contributed by atoms with Crippen molar-refractivity contribution in [1.82, 2.24) is 0 Å². The molecule has 156 valence electrons. The summed E-state index contributed by atoms with van der Waals surface area (Å²) in [5.74, 6) is -24.2. The molecule has 0 spiro atoms. The lowest BCUT2D eigenvalue weighted by Gasteiger charge is -2.35. The van der Waals surface area contributed by atoms with E-state index >= 15 is 0 Å². The minimum absolute atomic E-state index is 0.426. The summed E-state index contributed by atoms with van der Waals surface area (Å²) >= 11 is 0. The summed E-state index contributed by atoms with van der Waals surface area (Å²) in [4.78, 5) is 11.4. The molecular weight excluding hydrogens is 411 g/mol. The maximum atomic E-state index is 13.5. The molecule has 0 aromatic heterocycles. The number of carbonyl (C=O) groups is 1. The molecule has 0 aromatic rings. The van der Waals surface area contributed by atoms with Crippen molar-refractivity contribution in [1.29, 1.82) is 0 Å². The topological polar surface area (TPSA) is 54.0 Å². The van der Waals surface area contributed by atoms with Gasteiger partial charge in [0.25, 0.3) is 0 Å². The highest BCUT2D eigenvalue weighted by Gasteiger charge is 2.84. The van der Waals surface area contributed by atoms with Crippen molar-refractivity contribution >= 4 is 14.8 Å². The minimum Gasteiger partial charge on any atom is -0.453 e. The van der Waals surface area contributed by atoms with Crippen LogP contribution in [0.2, 0.25) is 0 Å². The van der Waals surface area contributed by atoms with Gasteiger partial charge >= 0.3 is 38.7 Å². The average molecular weight is 426 g/mol. The third-order valence-electron chi connectivity index (χ3n) is 3.27. The van der Waals surface area contributed by atoms with Gasteiger partial charge in [-0.25, -0.2) is 4.79 Å². The Hall–Kier alpha value is -1.06. The molecule has 0 amide bonds. The van der Waals surface area contributed by atoms with Crippen molar-refractivity contribution in [3.05, 3.63) is 0 Å². The van der Waals surface area contributed by atoms with Gasteiger partial charge in [-0.05, 0) is 6.42 Å². The number of carbonyl (C=O) groups excluding carboxylic acids is 1. The van der Waals surface area contributed by atoms with Crippen LogP contribution in [-0.4, -0.2) is 65.8 Å². The van der Waals surface area contributed by atoms with Gasteiger partial charge in [-0.3, -0.25) is 0 Å². The van der Waals surface area contributed by atoms with Crippen molar-refractivity contribution in [2.24, 2.45) is 0 Å². The molecule has 5 nitrogen and oxygen atoms in total. The Morgan fingerprint density at radius 2 is 1.23 bits per heavy atom. The van der Waals surface area contributed by atoms with E-state index in [1.807, 2.05) is 0 Å². The summed E-state index contributed by atoms with van der Waals surface area (Å²) in [5, 5.41) is 0. The van der Waals surface area contributed by atoms with Crippen LogP contribution in [0.5, 0.6) is 0 Å². The molecule has 0 N–H and O–H groups in total. The highest BCUT2D eigenvalue weighted by molar-refractivity contribution is 6.62. The van der Waals surface area contributed by atoms with Crippen LogP contribution in [0.3, 0.4) is 0 Å². The Labute approximate surface area is 142 Å². The molecule has 0 bridgehead atoms. The summed E-state index contributed by atoms with van der Waals surface area (Å²) < 4.78 is 133. The van der Waals surface area contributed by atoms with E-state index in [1.165, 1.54) is 6.92 Å². The van der Waals surface area contributed by atoms with Crippen LogP contribution in [0.1, 0.15) is 13.3 Å². The quantitative estimate of drug-likeness (QED) is 0.322. The summed E-state index contributed by atoms with van der Waals surface area (Å²) in [5.41, 5.74) is -1.88. The van der Waals surface area contributed by atoms with Crippen molar-refractivity contribution < 1.29 is 62.3 Å². The van der Waals surface area contributed by atoms with Crippen LogP contribution in [0, 0.1) is 0 Å². The first-order chi connectivity index (χ1) is 11.5. The molecule has 15 heteroatoms. The first-order valence-electron chi connectivity index (χ1n) is 6.59. The lowest BCUT2D eigenvalue weighted by molar-refractivity contribution is -0.391. The van der Waals surface area contributed by atoms with Gasteiger partial charge in [0.05, 0.1) is 0 Å². The number of esters is 1. The molecule has 0 radical (unpaired) electrons. The van der Waals surface area contributed by atoms with Gasteiger partial charge in [0.1, 0.15) is 0 Å². The highest BCUT2D eigenvalue weighted by atomic mass is 28.4. The number of alkyl halides is 9. The molecular formula is C11H15F9O5Si. The molecule has 0 heterocycles. The Morgan fingerprint density at radius 3 is 1.50 bits per heavy atom. The SMILES string of the molecule is CCC(OC(=O)C(F)(F)C(F)(F)C(F)(F)C(F)(F)F)[Si](OC)(OC)OC. The third kappa shape index (κ3) is 3.94. The number of rotatable bonds is 9. The second-order valence-electron chi connectivity index (χ2n) is 4.74. The lowest BCUT2D eigenvalue weighted by Crippen LogP contribution is -2.65. The van der Waals surface area contributed by atoms with Crippen molar-refractivity contribution in [2.45, 2.75) is 43.0 Å². The Morgan fingerprint density at radius 1 is 0.846 bits per heavy atom. The van der Waals surface area contributed by atoms with Crippen LogP contribution < -0.4 is 0 Å². The van der Waals surface area contributed by atoms with Gasteiger partial charge in [-0.2, -0.15) is 39.5 Å². The molecule has 0 saturated heterocycles. The van der Waals surface area contributed by atoms with Crippen LogP contribution in [0.25, 0.3) is 0 Å². The second-order valence-corrected chi connectivity index (χ2v) is 7.81. The van der Waals surface area contributed by atoms with Gasteiger partial charge in [-0.1, -0.05) is 6.92 Å². The predicted octanol–water partition coefficient (Wildman–Crippen LogP) is 3.19. The van der Waals surface area contributed by atoms with E-state index < -0.39 is 50.9 Å². The van der Waals surface area contributed by atoms with Crippen LogP contribution >= 0.6 is 0 Å². The predicted molar refractivity (Wildman–Crippen MR) is 67.8 cm³/mol. The summed E-state index contributed by atoms with van der Waals surface area (Å²) in [7, 11) is -1.27. The Kier molecular flexibility index (Phi) is 7.57. The fraction of sp³-hybridized carbons (Fsp3) is 0.909. The molecule has 0 aliphatic heterocycles. The van der Waals surface area contributed by atoms with E-state index in [9.17, 15) is 44.3 Å². The number of hydrogen-bond acceptors (Lipinski definition) is 5. The number of ether oxygens (including phenoxy) is 1. The van der Waals surface area contributed by atoms with Crippen molar-refractivity contribution in [3.63, 3.8) is 0 Å². The van der Waals surface area contributed by atoms with Crippen LogP contribution in [0.4, 0.5) is 39.5 Å². The zero-order valence-corrected chi connectivity index (χ0v) is 14.7. The Bertz CT molecular complexity index is 485. The molecule has 0 aromatic carbocycles. The summed E-state index contributed by atoms with van der Waals surface area (Å²) in [6.07, 6.45) is -7.47. The van der Waals surface area contributed by atoms with Crippen LogP contribution in [0.15, 0.2) is 0 Å². The molecule has 1 unspecified atom stereocenters. The fourth-order valence-electron chi connectivity index (χ4n) is 1.76. The summed E-state index contributed by atoms with van der Waals surface area (Å²) in [6.45, 7) is 1.18. The minimum atomic E-state index is -7.21. The van der Waals surface area contributed by atoms with Gasteiger partial charge in [0, 0.05) is 21.3 Å². The molecule has 26 heavy (non-hydrogen) atoms. The molecule has 0 saturated carbocycles. The molecule has 0 aliphatic carbocycles. The lowest BCUT2D eigenvalue weighted by atomic mass is 10.0. The Balaban J connectivity index is 5.84. The first kappa shape index (κ1) is 24.9. The largest absolute Gasteiger partial charge is 0.543 e. The average Bonchev–Trinajstić information content (AvgIpc) is 2.53. The van der Waals surface area contributed by atoms with Gasteiger partial charge in [0.15, 0.2) is 5.73 Å². The molecule has 0 aliphatic rings. The highest BCUT2D eigenvalue weighted by Crippen LogP contribution is 2.53. The molecule has 1 atom stereocenters. The molecule has 0 fully saturated rings. The zero-order chi connectivity index (χ0) is 21.2. The maximum Gasteiger partial charge on any atom is 0.543 e. The summed E-state index contributed by atoms with van der Waals surface area (Å²) in [6, 6.07) is 0. The van der Waals surface area contributed by atoms with Crippen molar-refractivity contribution in [3.8, 4) is 0 Å². The van der Waals surface area contributed by atoms with Crippen LogP contribution in [-0.2, 0) is 22.8 Å². The van der Waals surface area contributed by atoms with Crippen molar-refractivity contribution in [2.75, 3.05) is 21.3 Å². The van der Waals surface area contributed by atoms with E-state index in [-0.39, 0.29) is 0 Å². The standard InChI is InChI=1S/C11H15F9O5Si/c1-5-6(26(22-2,23-3)24-4)25-7(21)8(12,13)9(14,15)10(16,17)11(18,19)20/h6H,5H2,1-4H3. The first-order valence-corrected chi connectivity index (χ1v) is 8.39. The second kappa shape index (κ2) is 7.90. The number of halogens is 9. The van der Waals surface area contributed by atoms with Gasteiger partial charge < -0.3 is 18.0 Å². The van der Waals surface area contributed by atoms with Gasteiger partial charge in [0.2, 0.25) is 0 Å². The number of hydrogen-bond donors (Lipinski definition) is 0. The fourth-order valence-corrected chi connectivity index (χ4v) is 3.80. The van der Waals surface area contributed by atoms with E-state index in [0.717, 1.165) is 21.3 Å². The van der Waals surface area contributed by atoms with E-state index in [1.54, 1.807) is 0 Å². The van der Waals surface area contributed by atoms with E-state index in [0.29, 0.717) is 0 Å². The monoisotopic (exact) mass is 426 g/mol. The zero-order valence-electron chi connectivity index (χ0n) is 13.7. The van der Waals surface area contributed by atoms with Gasteiger partial charge in [-0.15, -0.1) is 0 Å². The third-order valence-corrected chi connectivity index (χ3v) is 6.29. The smallest absolute Gasteiger partial charge is 0.453 e. The molecule has 0 rings (SSSR count).